The minimum atomic E-state index is -4.39. The molecule has 0 amide bonds. The molecular weight excluding hydrogens is 275 g/mol. The molecule has 0 spiro atoms. The summed E-state index contributed by atoms with van der Waals surface area (Å²) >= 11 is 0. The van der Waals surface area contributed by atoms with E-state index in [0.717, 1.165) is 0 Å². The van der Waals surface area contributed by atoms with Crippen molar-refractivity contribution in [2.45, 2.75) is 12.7 Å². The number of morpholine rings is 1. The molecule has 8 heteroatoms. The first kappa shape index (κ1) is 14.9. The third kappa shape index (κ3) is 4.24. The Kier molecular flexibility index (Phi) is 4.66. The van der Waals surface area contributed by atoms with Crippen LogP contribution in [-0.4, -0.2) is 44.1 Å². The van der Waals surface area contributed by atoms with E-state index < -0.39 is 12.8 Å². The maximum absolute atomic E-state index is 12.2. The number of rotatable bonds is 4. The number of nitrogens with zero attached hydrogens (tertiary/aromatic N) is 2. The molecule has 1 aliphatic rings. The van der Waals surface area contributed by atoms with E-state index in [1.807, 2.05) is 4.90 Å². The molecule has 0 aromatic carbocycles. The molecule has 0 bridgehead atoms. The Bertz CT molecular complexity index is 448. The number of hydrogen-bond donors (Lipinski definition) is 1. The molecule has 0 atom stereocenters. The summed E-state index contributed by atoms with van der Waals surface area (Å²) in [5.41, 5.74) is 6.23. The van der Waals surface area contributed by atoms with Crippen molar-refractivity contribution in [2.75, 3.05) is 37.8 Å². The zero-order chi connectivity index (χ0) is 14.6. The Balaban J connectivity index is 2.15. The van der Waals surface area contributed by atoms with E-state index in [0.29, 0.717) is 37.7 Å². The second-order valence-corrected chi connectivity index (χ2v) is 4.38. The first-order valence-electron chi connectivity index (χ1n) is 6.21. The van der Waals surface area contributed by atoms with Crippen molar-refractivity contribution < 1.29 is 22.6 Å². The molecule has 2 N–H and O–H groups in total. The van der Waals surface area contributed by atoms with Crippen molar-refractivity contribution in [2.24, 2.45) is 5.73 Å². The lowest BCUT2D eigenvalue weighted by atomic mass is 10.2. The Morgan fingerprint density at radius 1 is 1.30 bits per heavy atom. The molecule has 0 saturated carbocycles. The van der Waals surface area contributed by atoms with Gasteiger partial charge in [0.2, 0.25) is 5.88 Å². The fraction of sp³-hybridized carbons (Fsp3) is 0.583. The molecule has 1 fully saturated rings. The highest BCUT2D eigenvalue weighted by Crippen LogP contribution is 2.22. The average Bonchev–Trinajstić information content (AvgIpc) is 2.45. The van der Waals surface area contributed by atoms with Crippen molar-refractivity contribution in [1.82, 2.24) is 4.98 Å². The molecule has 20 heavy (non-hydrogen) atoms. The molecule has 112 valence electrons. The van der Waals surface area contributed by atoms with Crippen LogP contribution in [0.15, 0.2) is 12.1 Å². The SMILES string of the molecule is NCc1cc(OCC(F)(F)F)nc(N2CCOCC2)c1. The van der Waals surface area contributed by atoms with Crippen LogP contribution in [0.25, 0.3) is 0 Å². The first-order chi connectivity index (χ1) is 9.48. The normalized spacial score (nSPS) is 16.3. The second kappa shape index (κ2) is 6.27. The lowest BCUT2D eigenvalue weighted by molar-refractivity contribution is -0.154. The van der Waals surface area contributed by atoms with Gasteiger partial charge in [-0.25, -0.2) is 0 Å². The highest BCUT2D eigenvalue weighted by molar-refractivity contribution is 5.44. The van der Waals surface area contributed by atoms with Gasteiger partial charge in [0.1, 0.15) is 5.82 Å². The predicted octanol–water partition coefficient (Wildman–Crippen LogP) is 1.32. The van der Waals surface area contributed by atoms with Crippen LogP contribution in [0.4, 0.5) is 19.0 Å². The van der Waals surface area contributed by atoms with E-state index in [1.54, 1.807) is 6.07 Å². The van der Waals surface area contributed by atoms with Crippen LogP contribution in [0.1, 0.15) is 5.56 Å². The third-order valence-corrected chi connectivity index (χ3v) is 2.80. The number of halogens is 3. The topological polar surface area (TPSA) is 60.6 Å². The first-order valence-corrected chi connectivity index (χ1v) is 6.21. The van der Waals surface area contributed by atoms with Crippen molar-refractivity contribution >= 4 is 5.82 Å². The summed E-state index contributed by atoms with van der Waals surface area (Å²) in [5, 5.41) is 0. The molecule has 1 aliphatic heterocycles. The van der Waals surface area contributed by atoms with E-state index in [-0.39, 0.29) is 12.4 Å². The Morgan fingerprint density at radius 2 is 2.00 bits per heavy atom. The van der Waals surface area contributed by atoms with Gasteiger partial charge in [0.05, 0.1) is 13.2 Å². The van der Waals surface area contributed by atoms with E-state index in [2.05, 4.69) is 4.98 Å². The molecule has 1 aromatic heterocycles. The summed E-state index contributed by atoms with van der Waals surface area (Å²) < 4.78 is 46.4. The Labute approximate surface area is 114 Å². The number of ether oxygens (including phenoxy) is 2. The number of nitrogens with two attached hydrogens (primary N) is 1. The molecule has 0 aliphatic carbocycles. The van der Waals surface area contributed by atoms with E-state index in [4.69, 9.17) is 15.2 Å². The number of hydrogen-bond acceptors (Lipinski definition) is 5. The quantitative estimate of drug-likeness (QED) is 0.906. The number of pyridine rings is 1. The monoisotopic (exact) mass is 291 g/mol. The fourth-order valence-corrected chi connectivity index (χ4v) is 1.85. The van der Waals surface area contributed by atoms with Gasteiger partial charge in [0, 0.05) is 25.7 Å². The molecule has 1 saturated heterocycles. The smallest absolute Gasteiger partial charge is 0.422 e. The molecule has 2 rings (SSSR count). The van der Waals surface area contributed by atoms with Gasteiger partial charge in [-0.2, -0.15) is 18.2 Å². The van der Waals surface area contributed by atoms with Crippen molar-refractivity contribution in [3.8, 4) is 5.88 Å². The van der Waals surface area contributed by atoms with E-state index >= 15 is 0 Å². The highest BCUT2D eigenvalue weighted by Gasteiger charge is 2.29. The van der Waals surface area contributed by atoms with Crippen molar-refractivity contribution in [3.63, 3.8) is 0 Å². The van der Waals surface area contributed by atoms with Crippen LogP contribution in [0.2, 0.25) is 0 Å². The maximum atomic E-state index is 12.2. The van der Waals surface area contributed by atoms with Gasteiger partial charge in [0.15, 0.2) is 6.61 Å². The predicted molar refractivity (Wildman–Crippen MR) is 66.7 cm³/mol. The van der Waals surface area contributed by atoms with Gasteiger partial charge >= 0.3 is 6.18 Å². The molecule has 5 nitrogen and oxygen atoms in total. The molecular formula is C12H16F3N3O2. The minimum Gasteiger partial charge on any atom is -0.468 e. The zero-order valence-electron chi connectivity index (χ0n) is 10.8. The van der Waals surface area contributed by atoms with Gasteiger partial charge in [-0.1, -0.05) is 0 Å². The highest BCUT2D eigenvalue weighted by atomic mass is 19.4. The summed E-state index contributed by atoms with van der Waals surface area (Å²) in [6.45, 7) is 1.25. The number of anilines is 1. The van der Waals surface area contributed by atoms with Crippen LogP contribution >= 0.6 is 0 Å². The van der Waals surface area contributed by atoms with Crippen molar-refractivity contribution in [3.05, 3.63) is 17.7 Å². The third-order valence-electron chi connectivity index (χ3n) is 2.80. The summed E-state index contributed by atoms with van der Waals surface area (Å²) in [7, 11) is 0. The van der Waals surface area contributed by atoms with Crippen LogP contribution in [0.3, 0.4) is 0 Å². The Hall–Kier alpha value is -1.54. The Morgan fingerprint density at radius 3 is 2.60 bits per heavy atom. The van der Waals surface area contributed by atoms with Crippen molar-refractivity contribution in [1.29, 1.82) is 0 Å². The van der Waals surface area contributed by atoms with Crippen LogP contribution in [-0.2, 0) is 11.3 Å². The largest absolute Gasteiger partial charge is 0.468 e. The lowest BCUT2D eigenvalue weighted by Crippen LogP contribution is -2.36. The summed E-state index contributed by atoms with van der Waals surface area (Å²) in [5.74, 6) is 0.500. The van der Waals surface area contributed by atoms with E-state index in [1.165, 1.54) is 6.07 Å². The van der Waals surface area contributed by atoms with Gasteiger partial charge < -0.3 is 20.1 Å². The van der Waals surface area contributed by atoms with Gasteiger partial charge in [-0.05, 0) is 11.6 Å². The van der Waals surface area contributed by atoms with Gasteiger partial charge in [-0.3, -0.25) is 0 Å². The molecule has 0 radical (unpaired) electrons. The fourth-order valence-electron chi connectivity index (χ4n) is 1.85. The lowest BCUT2D eigenvalue weighted by Gasteiger charge is -2.28. The molecule has 2 heterocycles. The van der Waals surface area contributed by atoms with Crippen LogP contribution < -0.4 is 15.4 Å². The van der Waals surface area contributed by atoms with Gasteiger partial charge in [-0.15, -0.1) is 0 Å². The molecule has 0 unspecified atom stereocenters. The van der Waals surface area contributed by atoms with E-state index in [9.17, 15) is 13.2 Å². The number of aromatic nitrogens is 1. The maximum Gasteiger partial charge on any atom is 0.422 e. The summed E-state index contributed by atoms with van der Waals surface area (Å²) in [6, 6.07) is 3.18. The number of alkyl halides is 3. The standard InChI is InChI=1S/C12H16F3N3O2/c13-12(14,15)8-20-11-6-9(7-16)5-10(17-11)18-1-3-19-4-2-18/h5-6H,1-4,7-8,16H2. The summed E-state index contributed by atoms with van der Waals surface area (Å²) in [4.78, 5) is 6.03. The summed E-state index contributed by atoms with van der Waals surface area (Å²) in [6.07, 6.45) is -4.39. The molecule has 1 aromatic rings. The average molecular weight is 291 g/mol. The van der Waals surface area contributed by atoms with Crippen LogP contribution in [0.5, 0.6) is 5.88 Å². The van der Waals surface area contributed by atoms with Gasteiger partial charge in [0.25, 0.3) is 0 Å². The second-order valence-electron chi connectivity index (χ2n) is 4.38. The zero-order valence-corrected chi connectivity index (χ0v) is 10.8. The minimum absolute atomic E-state index is 0.0632. The van der Waals surface area contributed by atoms with Crippen LogP contribution in [0, 0.1) is 0 Å².